The molecule has 2 aromatic heterocycles. The van der Waals surface area contributed by atoms with E-state index in [1.807, 2.05) is 25.3 Å². The summed E-state index contributed by atoms with van der Waals surface area (Å²) >= 11 is 0. The van der Waals surface area contributed by atoms with Crippen LogP contribution < -0.4 is 4.74 Å². The molecule has 3 heterocycles. The fraction of sp³-hybridized carbons (Fsp3) is 0.552. The van der Waals surface area contributed by atoms with E-state index in [2.05, 4.69) is 46.7 Å². The van der Waals surface area contributed by atoms with Crippen LogP contribution in [0, 0.1) is 23.7 Å². The highest BCUT2D eigenvalue weighted by Gasteiger charge is 2.34. The maximum atomic E-state index is 13.6. The Hall–Kier alpha value is -2.95. The highest BCUT2D eigenvalue weighted by atomic mass is 16.5. The van der Waals surface area contributed by atoms with E-state index in [1.54, 1.807) is 17.3 Å². The summed E-state index contributed by atoms with van der Waals surface area (Å²) in [5.74, 6) is 7.27. The average molecular weight is 491 g/mol. The number of fused-ring (bicyclic) bond motifs is 1. The fourth-order valence-corrected chi connectivity index (χ4v) is 5.00. The Balaban J connectivity index is 1.59. The first-order chi connectivity index (χ1) is 17.4. The van der Waals surface area contributed by atoms with E-state index in [1.165, 1.54) is 19.3 Å². The molecule has 0 saturated heterocycles. The number of amides is 1. The van der Waals surface area contributed by atoms with E-state index >= 15 is 0 Å². The van der Waals surface area contributed by atoms with Gasteiger partial charge in [0.25, 0.3) is 5.91 Å². The van der Waals surface area contributed by atoms with Gasteiger partial charge in [0.15, 0.2) is 0 Å². The lowest BCUT2D eigenvalue weighted by Gasteiger charge is -2.37. The van der Waals surface area contributed by atoms with Crippen LogP contribution in [0.2, 0.25) is 0 Å². The molecular weight excluding hydrogens is 452 g/mol. The molecule has 1 aliphatic carbocycles. The van der Waals surface area contributed by atoms with Gasteiger partial charge < -0.3 is 14.7 Å². The van der Waals surface area contributed by atoms with Gasteiger partial charge >= 0.3 is 0 Å². The standard InChI is InChI=1S/C29H38N4O3/c1-21-17-33(22(2)20-34)29(35)26-14-24(12-11-23-8-5-4-6-9-23)16-31-28(26)36-27(21)19-32(3)18-25-10-7-13-30-15-25/h7,10,13-16,21-23,27,34H,4-6,8-9,17-20H2,1-3H3/t21-,22-,27+/m1/s1. The van der Waals surface area contributed by atoms with Crippen LogP contribution in [-0.4, -0.2) is 69.7 Å². The average Bonchev–Trinajstić information content (AvgIpc) is 2.90. The molecule has 1 aliphatic heterocycles. The van der Waals surface area contributed by atoms with E-state index in [0.29, 0.717) is 30.5 Å². The first-order valence-corrected chi connectivity index (χ1v) is 13.1. The van der Waals surface area contributed by atoms with Crippen LogP contribution in [0.25, 0.3) is 0 Å². The Bertz CT molecular complexity index is 1070. The SMILES string of the molecule is C[C@@H]1CN([C@H](C)CO)C(=O)c2cc(C#CC3CCCCC3)cnc2O[C@H]1CN(C)Cc1cccnc1. The van der Waals surface area contributed by atoms with Crippen molar-refractivity contribution in [3.05, 3.63) is 53.5 Å². The normalized spacial score (nSPS) is 21.6. The number of carbonyl (C=O) groups excluding carboxylic acids is 1. The zero-order valence-electron chi connectivity index (χ0n) is 21.7. The number of ether oxygens (including phenoxy) is 1. The molecule has 0 aromatic carbocycles. The van der Waals surface area contributed by atoms with Crippen molar-refractivity contribution in [2.24, 2.45) is 11.8 Å². The zero-order valence-corrected chi connectivity index (χ0v) is 21.7. The number of carbonyl (C=O) groups is 1. The summed E-state index contributed by atoms with van der Waals surface area (Å²) in [6.07, 6.45) is 11.2. The van der Waals surface area contributed by atoms with Gasteiger partial charge in [-0.05, 0) is 44.5 Å². The minimum absolute atomic E-state index is 0.0417. The molecule has 1 fully saturated rings. The molecule has 3 atom stereocenters. The smallest absolute Gasteiger partial charge is 0.259 e. The Morgan fingerprint density at radius 3 is 2.81 bits per heavy atom. The molecule has 0 bridgehead atoms. The third-order valence-corrected chi connectivity index (χ3v) is 7.21. The molecule has 36 heavy (non-hydrogen) atoms. The lowest BCUT2D eigenvalue weighted by molar-refractivity contribution is 0.0325. The van der Waals surface area contributed by atoms with Crippen molar-refractivity contribution in [3.8, 4) is 17.7 Å². The summed E-state index contributed by atoms with van der Waals surface area (Å²) in [5, 5.41) is 9.88. The molecule has 0 radical (unpaired) electrons. The molecule has 1 N–H and O–H groups in total. The van der Waals surface area contributed by atoms with Crippen molar-refractivity contribution in [1.82, 2.24) is 19.8 Å². The van der Waals surface area contributed by atoms with E-state index in [9.17, 15) is 9.90 Å². The minimum atomic E-state index is -0.309. The van der Waals surface area contributed by atoms with Crippen LogP contribution >= 0.6 is 0 Å². The van der Waals surface area contributed by atoms with Crippen molar-refractivity contribution in [1.29, 1.82) is 0 Å². The summed E-state index contributed by atoms with van der Waals surface area (Å²) in [6.45, 7) is 5.75. The predicted molar refractivity (Wildman–Crippen MR) is 139 cm³/mol. The summed E-state index contributed by atoms with van der Waals surface area (Å²) in [4.78, 5) is 26.3. The van der Waals surface area contributed by atoms with Gasteiger partial charge in [-0.1, -0.05) is 44.1 Å². The largest absolute Gasteiger partial charge is 0.472 e. The van der Waals surface area contributed by atoms with Crippen LogP contribution in [0.3, 0.4) is 0 Å². The third kappa shape index (κ3) is 6.63. The first-order valence-electron chi connectivity index (χ1n) is 13.1. The highest BCUT2D eigenvalue weighted by molar-refractivity contribution is 5.97. The van der Waals surface area contributed by atoms with Crippen LogP contribution in [0.4, 0.5) is 0 Å². The molecule has 0 unspecified atom stereocenters. The summed E-state index contributed by atoms with van der Waals surface area (Å²) in [6, 6.07) is 5.50. The number of aliphatic hydroxyl groups excluding tert-OH is 1. The van der Waals surface area contributed by atoms with Crippen molar-refractivity contribution in [2.75, 3.05) is 26.7 Å². The Labute approximate surface area is 214 Å². The van der Waals surface area contributed by atoms with Gasteiger partial charge in [-0.3, -0.25) is 14.7 Å². The monoisotopic (exact) mass is 490 g/mol. The van der Waals surface area contributed by atoms with Crippen molar-refractivity contribution < 1.29 is 14.6 Å². The summed E-state index contributed by atoms with van der Waals surface area (Å²) < 4.78 is 6.41. The number of nitrogens with zero attached hydrogens (tertiary/aromatic N) is 4. The minimum Gasteiger partial charge on any atom is -0.472 e. The van der Waals surface area contributed by atoms with E-state index < -0.39 is 0 Å². The first kappa shape index (κ1) is 26.1. The number of likely N-dealkylation sites (N-methyl/N-ethyl adjacent to an activating group) is 1. The molecule has 192 valence electrons. The number of hydrogen-bond acceptors (Lipinski definition) is 6. The van der Waals surface area contributed by atoms with E-state index in [0.717, 1.165) is 30.5 Å². The molecule has 0 spiro atoms. The fourth-order valence-electron chi connectivity index (χ4n) is 5.00. The van der Waals surface area contributed by atoms with Crippen molar-refractivity contribution >= 4 is 5.91 Å². The molecule has 1 amide bonds. The number of aromatic nitrogens is 2. The molecular formula is C29H38N4O3. The van der Waals surface area contributed by atoms with Gasteiger partial charge in [-0.25, -0.2) is 4.98 Å². The van der Waals surface area contributed by atoms with E-state index in [4.69, 9.17) is 4.74 Å². The number of hydrogen-bond donors (Lipinski definition) is 1. The Morgan fingerprint density at radius 1 is 1.28 bits per heavy atom. The van der Waals surface area contributed by atoms with Gasteiger partial charge in [0.2, 0.25) is 5.88 Å². The Morgan fingerprint density at radius 2 is 2.08 bits per heavy atom. The topological polar surface area (TPSA) is 78.8 Å². The molecule has 2 aromatic rings. The second-order valence-electron chi connectivity index (χ2n) is 10.4. The molecule has 7 heteroatoms. The van der Waals surface area contributed by atoms with Gasteiger partial charge in [0, 0.05) is 55.6 Å². The van der Waals surface area contributed by atoms with Crippen molar-refractivity contribution in [3.63, 3.8) is 0 Å². The van der Waals surface area contributed by atoms with Gasteiger partial charge in [0.1, 0.15) is 11.7 Å². The summed E-state index contributed by atoms with van der Waals surface area (Å²) in [5.41, 5.74) is 2.27. The van der Waals surface area contributed by atoms with Crippen LogP contribution in [0.5, 0.6) is 5.88 Å². The van der Waals surface area contributed by atoms with Gasteiger partial charge in [-0.15, -0.1) is 0 Å². The second kappa shape index (κ2) is 12.3. The van der Waals surface area contributed by atoms with Crippen LogP contribution in [-0.2, 0) is 6.54 Å². The molecule has 7 nitrogen and oxygen atoms in total. The maximum Gasteiger partial charge on any atom is 0.259 e. The second-order valence-corrected chi connectivity index (χ2v) is 10.4. The lowest BCUT2D eigenvalue weighted by Crippen LogP contribution is -2.49. The van der Waals surface area contributed by atoms with Gasteiger partial charge in [-0.2, -0.15) is 0 Å². The van der Waals surface area contributed by atoms with E-state index in [-0.39, 0.29) is 30.6 Å². The maximum absolute atomic E-state index is 13.6. The van der Waals surface area contributed by atoms with Gasteiger partial charge in [0.05, 0.1) is 12.6 Å². The highest BCUT2D eigenvalue weighted by Crippen LogP contribution is 2.28. The molecule has 2 aliphatic rings. The summed E-state index contributed by atoms with van der Waals surface area (Å²) in [7, 11) is 2.05. The van der Waals surface area contributed by atoms with Crippen molar-refractivity contribution in [2.45, 2.75) is 64.6 Å². The predicted octanol–water partition coefficient (Wildman–Crippen LogP) is 3.76. The quantitative estimate of drug-likeness (QED) is 0.622. The number of aliphatic hydroxyl groups is 1. The Kier molecular flexibility index (Phi) is 8.95. The zero-order chi connectivity index (χ0) is 25.5. The van der Waals surface area contributed by atoms with Crippen LogP contribution in [0.15, 0.2) is 36.8 Å². The number of rotatable bonds is 6. The van der Waals surface area contributed by atoms with Crippen LogP contribution in [0.1, 0.15) is 67.4 Å². The third-order valence-electron chi connectivity index (χ3n) is 7.21. The number of pyridine rings is 2. The lowest BCUT2D eigenvalue weighted by atomic mass is 9.90. The molecule has 4 rings (SSSR count). The molecule has 1 saturated carbocycles.